The minimum absolute atomic E-state index is 0.292. The summed E-state index contributed by atoms with van der Waals surface area (Å²) in [4.78, 5) is 0. The summed E-state index contributed by atoms with van der Waals surface area (Å²) in [7, 11) is 0.310. The summed E-state index contributed by atoms with van der Waals surface area (Å²) in [6, 6.07) is 18.1. The van der Waals surface area contributed by atoms with Gasteiger partial charge in [0.2, 0.25) is 0 Å². The van der Waals surface area contributed by atoms with E-state index in [4.69, 9.17) is 9.31 Å². The highest BCUT2D eigenvalue weighted by molar-refractivity contribution is 6.17. The Morgan fingerprint density at radius 1 is 0.600 bits per heavy atom. The van der Waals surface area contributed by atoms with Gasteiger partial charge in [-0.15, -0.1) is 13.2 Å². The Labute approximate surface area is 214 Å². The quantitative estimate of drug-likeness (QED) is 0.177. The van der Waals surface area contributed by atoms with Gasteiger partial charge >= 0.3 is 7.69 Å². The van der Waals surface area contributed by atoms with Gasteiger partial charge in [0.05, 0.1) is 13.2 Å². The van der Waals surface area contributed by atoms with Gasteiger partial charge in [-0.25, -0.2) is 0 Å². The number of rotatable bonds is 12. The van der Waals surface area contributed by atoms with Crippen LogP contribution in [-0.2, 0) is 33.4 Å². The van der Waals surface area contributed by atoms with Crippen LogP contribution < -0.4 is 0 Å². The monoisotopic (exact) mass is 470 g/mol. The molecule has 0 bridgehead atoms. The lowest BCUT2D eigenvalue weighted by Gasteiger charge is -2.37. The highest BCUT2D eigenvalue weighted by Crippen LogP contribution is 2.43. The second-order valence-corrected chi connectivity index (χ2v) is 10.9. The van der Waals surface area contributed by atoms with Crippen LogP contribution in [0.3, 0.4) is 0 Å². The number of benzene rings is 2. The molecule has 2 saturated carbocycles. The molecule has 3 heteroatoms. The van der Waals surface area contributed by atoms with Crippen LogP contribution in [0.1, 0.15) is 99.3 Å². The first-order valence-corrected chi connectivity index (χ1v) is 13.8. The molecule has 0 N–H and O–H groups in total. The molecule has 0 radical (unpaired) electrons. The topological polar surface area (TPSA) is 18.5 Å². The Morgan fingerprint density at radius 3 is 1.31 bits per heavy atom. The van der Waals surface area contributed by atoms with Crippen molar-refractivity contribution < 1.29 is 9.31 Å². The third-order valence-corrected chi connectivity index (χ3v) is 8.53. The first-order valence-electron chi connectivity index (χ1n) is 13.8. The zero-order valence-electron chi connectivity index (χ0n) is 21.6. The SMILES string of the molecule is C=CCC1(c2ccc(COBOCc3ccc(C4(CC=C)CCCCC4)cc3)cc2)CCCCC1. The van der Waals surface area contributed by atoms with Crippen LogP contribution >= 0.6 is 0 Å². The molecule has 0 aromatic heterocycles. The van der Waals surface area contributed by atoms with Crippen LogP contribution in [0, 0.1) is 0 Å². The smallest absolute Gasteiger partial charge is 0.410 e. The normalized spacial score (nSPS) is 19.1. The van der Waals surface area contributed by atoms with E-state index in [2.05, 4.69) is 73.8 Å². The van der Waals surface area contributed by atoms with Gasteiger partial charge in [0, 0.05) is 0 Å². The second kappa shape index (κ2) is 12.7. The van der Waals surface area contributed by atoms with E-state index in [-0.39, 0.29) is 0 Å². The number of hydrogen-bond acceptors (Lipinski definition) is 2. The van der Waals surface area contributed by atoms with Crippen molar-refractivity contribution in [2.24, 2.45) is 0 Å². The molecule has 2 fully saturated rings. The molecule has 0 atom stereocenters. The Hall–Kier alpha value is -2.10. The predicted molar refractivity (Wildman–Crippen MR) is 149 cm³/mol. The van der Waals surface area contributed by atoms with Gasteiger partial charge in [-0.05, 0) is 71.6 Å². The van der Waals surface area contributed by atoms with Crippen LogP contribution in [0.15, 0.2) is 73.8 Å². The van der Waals surface area contributed by atoms with Crippen LogP contribution in [0.2, 0.25) is 0 Å². The average molecular weight is 471 g/mol. The van der Waals surface area contributed by atoms with Crippen LogP contribution in [0.4, 0.5) is 0 Å². The van der Waals surface area contributed by atoms with E-state index in [0.29, 0.717) is 31.7 Å². The van der Waals surface area contributed by atoms with E-state index >= 15 is 0 Å². The molecule has 2 aromatic rings. The molecule has 186 valence electrons. The van der Waals surface area contributed by atoms with E-state index in [1.807, 2.05) is 0 Å². The summed E-state index contributed by atoms with van der Waals surface area (Å²) in [6.07, 6.45) is 19.5. The van der Waals surface area contributed by atoms with Crippen molar-refractivity contribution in [2.45, 2.75) is 101 Å². The van der Waals surface area contributed by atoms with Gasteiger partial charge in [-0.1, -0.05) is 99.2 Å². The predicted octanol–water partition coefficient (Wildman–Crippen LogP) is 8.24. The van der Waals surface area contributed by atoms with Crippen LogP contribution in [0.5, 0.6) is 0 Å². The Morgan fingerprint density at radius 2 is 0.971 bits per heavy atom. The minimum atomic E-state index is 0.292. The van der Waals surface area contributed by atoms with Gasteiger partial charge in [0.15, 0.2) is 0 Å². The molecular formula is C32H43BO2. The zero-order valence-corrected chi connectivity index (χ0v) is 21.6. The molecule has 0 amide bonds. The maximum Gasteiger partial charge on any atom is 0.438 e. The molecule has 0 spiro atoms. The lowest BCUT2D eigenvalue weighted by atomic mass is 9.67. The minimum Gasteiger partial charge on any atom is -0.410 e. The first kappa shape index (κ1) is 26.0. The molecule has 2 aliphatic carbocycles. The summed E-state index contributed by atoms with van der Waals surface area (Å²) < 4.78 is 11.6. The summed E-state index contributed by atoms with van der Waals surface area (Å²) in [5.74, 6) is 0. The maximum absolute atomic E-state index is 5.82. The van der Waals surface area contributed by atoms with Crippen LogP contribution in [-0.4, -0.2) is 7.69 Å². The van der Waals surface area contributed by atoms with E-state index in [1.54, 1.807) is 0 Å². The largest absolute Gasteiger partial charge is 0.438 e. The highest BCUT2D eigenvalue weighted by Gasteiger charge is 2.33. The molecule has 4 rings (SSSR count). The molecule has 35 heavy (non-hydrogen) atoms. The zero-order chi connectivity index (χ0) is 24.4. The van der Waals surface area contributed by atoms with E-state index in [1.165, 1.54) is 86.5 Å². The molecule has 0 heterocycles. The molecular weight excluding hydrogens is 427 g/mol. The van der Waals surface area contributed by atoms with Gasteiger partial charge < -0.3 is 9.31 Å². The van der Waals surface area contributed by atoms with E-state index in [0.717, 1.165) is 12.8 Å². The van der Waals surface area contributed by atoms with Crippen molar-refractivity contribution in [3.05, 3.63) is 96.1 Å². The fourth-order valence-corrected chi connectivity index (χ4v) is 6.52. The fourth-order valence-electron chi connectivity index (χ4n) is 6.52. The summed E-state index contributed by atoms with van der Waals surface area (Å²) in [5, 5.41) is 0. The Balaban J connectivity index is 1.22. The second-order valence-electron chi connectivity index (χ2n) is 10.9. The molecule has 0 unspecified atom stereocenters. The Kier molecular flexibility index (Phi) is 9.46. The summed E-state index contributed by atoms with van der Waals surface area (Å²) in [5.41, 5.74) is 5.91. The van der Waals surface area contributed by atoms with Crippen molar-refractivity contribution in [2.75, 3.05) is 0 Å². The molecule has 0 saturated heterocycles. The van der Waals surface area contributed by atoms with Crippen molar-refractivity contribution in [1.82, 2.24) is 0 Å². The van der Waals surface area contributed by atoms with Crippen molar-refractivity contribution in [1.29, 1.82) is 0 Å². The van der Waals surface area contributed by atoms with Gasteiger partial charge in [-0.2, -0.15) is 0 Å². The summed E-state index contributed by atoms with van der Waals surface area (Å²) in [6.45, 7) is 9.20. The molecule has 2 aliphatic rings. The standard InChI is InChI=1S/C32H43BO2/c1-3-19-31(21-7-5-8-22-31)29-15-11-27(12-16-29)25-34-33-35-26-28-13-17-30(18-14-28)32(20-4-2)23-9-6-10-24-32/h3-4,11-18,33H,1-2,5-10,19-26H2. The maximum atomic E-state index is 5.82. The van der Waals surface area contributed by atoms with E-state index in [9.17, 15) is 0 Å². The van der Waals surface area contributed by atoms with E-state index < -0.39 is 0 Å². The number of hydrogen-bond donors (Lipinski definition) is 0. The van der Waals surface area contributed by atoms with Gasteiger partial charge in [0.25, 0.3) is 0 Å². The summed E-state index contributed by atoms with van der Waals surface area (Å²) >= 11 is 0. The molecule has 2 aromatic carbocycles. The lowest BCUT2D eigenvalue weighted by Crippen LogP contribution is -2.28. The average Bonchev–Trinajstić information content (AvgIpc) is 2.91. The highest BCUT2D eigenvalue weighted by atomic mass is 16.6. The Bertz CT molecular complexity index is 842. The van der Waals surface area contributed by atoms with Gasteiger partial charge in [-0.3, -0.25) is 0 Å². The van der Waals surface area contributed by atoms with Crippen molar-refractivity contribution >= 4 is 7.69 Å². The van der Waals surface area contributed by atoms with Crippen LogP contribution in [0.25, 0.3) is 0 Å². The van der Waals surface area contributed by atoms with Gasteiger partial charge in [0.1, 0.15) is 0 Å². The third-order valence-electron chi connectivity index (χ3n) is 8.53. The first-order chi connectivity index (χ1) is 17.2. The lowest BCUT2D eigenvalue weighted by molar-refractivity contribution is 0.207. The van der Waals surface area contributed by atoms with Crippen molar-refractivity contribution in [3.8, 4) is 0 Å². The molecule has 0 aliphatic heterocycles. The fraction of sp³-hybridized carbons (Fsp3) is 0.500. The third kappa shape index (κ3) is 6.57. The number of allylic oxidation sites excluding steroid dienone is 2. The molecule has 2 nitrogen and oxygen atoms in total. The van der Waals surface area contributed by atoms with Crippen molar-refractivity contribution in [3.63, 3.8) is 0 Å².